The van der Waals surface area contributed by atoms with Crippen molar-refractivity contribution in [1.29, 1.82) is 0 Å². The van der Waals surface area contributed by atoms with Crippen LogP contribution in [0.15, 0.2) is 31.7 Å². The molecule has 2 unspecified atom stereocenters. The number of oxime groups is 1. The minimum absolute atomic E-state index is 0. The fraction of sp³-hybridized carbons (Fsp3) is 0.267. The molecule has 2 aromatic heterocycles. The van der Waals surface area contributed by atoms with E-state index < -0.39 is 34.9 Å². The summed E-state index contributed by atoms with van der Waals surface area (Å²) >= 11 is 5.01. The molecule has 0 radical (unpaired) electrons. The van der Waals surface area contributed by atoms with Crippen LogP contribution >= 0.6 is 46.2 Å². The third-order valence-electron chi connectivity index (χ3n) is 4.32. The number of amides is 2. The van der Waals surface area contributed by atoms with Gasteiger partial charge in [0.2, 0.25) is 0 Å². The summed E-state index contributed by atoms with van der Waals surface area (Å²) in [5, 5.41) is 35.0. The summed E-state index contributed by atoms with van der Waals surface area (Å²) in [6.07, 6.45) is 0. The Morgan fingerprint density at radius 1 is 1.44 bits per heavy atom. The zero-order valence-corrected chi connectivity index (χ0v) is 21.5. The number of hydrogen-bond donors (Lipinski definition) is 3. The molecule has 0 aliphatic carbocycles. The van der Waals surface area contributed by atoms with Crippen LogP contribution in [0.1, 0.15) is 5.69 Å². The van der Waals surface area contributed by atoms with Gasteiger partial charge in [0.15, 0.2) is 15.2 Å². The van der Waals surface area contributed by atoms with Gasteiger partial charge in [-0.3, -0.25) is 14.5 Å². The average molecular weight is 522 g/mol. The summed E-state index contributed by atoms with van der Waals surface area (Å²) in [5.74, 6) is -2.25. The Morgan fingerprint density at radius 2 is 2.22 bits per heavy atom. The van der Waals surface area contributed by atoms with E-state index in [4.69, 9.17) is 5.73 Å². The topological polar surface area (TPSA) is 187 Å². The van der Waals surface area contributed by atoms with Crippen molar-refractivity contribution in [3.63, 3.8) is 0 Å². The predicted octanol–water partition coefficient (Wildman–Crippen LogP) is -4.04. The number of rotatable bonds is 7. The molecule has 4 rings (SSSR count). The summed E-state index contributed by atoms with van der Waals surface area (Å²) in [5.41, 5.74) is 7.09. The van der Waals surface area contributed by atoms with E-state index in [2.05, 4.69) is 25.7 Å². The van der Waals surface area contributed by atoms with Crippen molar-refractivity contribution in [1.82, 2.24) is 25.4 Å². The van der Waals surface area contributed by atoms with Gasteiger partial charge in [-0.15, -0.1) is 33.3 Å². The van der Waals surface area contributed by atoms with Gasteiger partial charge in [-0.25, -0.2) is 4.98 Å². The number of fused-ring (bicyclic) bond motifs is 1. The van der Waals surface area contributed by atoms with Gasteiger partial charge in [-0.1, -0.05) is 28.3 Å². The van der Waals surface area contributed by atoms with Gasteiger partial charge in [0.05, 0.1) is 11.7 Å². The number of carboxylic acid groups (broad SMARTS) is 1. The number of thioether (sulfide) groups is 2. The molecule has 0 bridgehead atoms. The normalized spacial score (nSPS) is 20.3. The van der Waals surface area contributed by atoms with Crippen molar-refractivity contribution in [3.05, 3.63) is 27.9 Å². The molecule has 2 amide bonds. The van der Waals surface area contributed by atoms with Gasteiger partial charge in [0, 0.05) is 16.9 Å². The average Bonchev–Trinajstić information content (AvgIpc) is 3.42. The molecule has 32 heavy (non-hydrogen) atoms. The monoisotopic (exact) mass is 521 g/mol. The number of nitrogen functional groups attached to an aromatic ring is 1. The zero-order chi connectivity index (χ0) is 22.1. The van der Waals surface area contributed by atoms with Crippen LogP contribution in [0.3, 0.4) is 0 Å². The van der Waals surface area contributed by atoms with Crippen molar-refractivity contribution >= 4 is 74.8 Å². The number of aromatic nitrogens is 3. The summed E-state index contributed by atoms with van der Waals surface area (Å²) < 4.78 is 0.677. The van der Waals surface area contributed by atoms with Crippen molar-refractivity contribution in [2.45, 2.75) is 15.8 Å². The van der Waals surface area contributed by atoms with Gasteiger partial charge in [-0.05, 0) is 5.57 Å². The van der Waals surface area contributed by atoms with E-state index in [0.29, 0.717) is 21.4 Å². The second-order valence-electron chi connectivity index (χ2n) is 6.11. The van der Waals surface area contributed by atoms with Crippen LogP contribution in [0.4, 0.5) is 5.13 Å². The molecule has 1 saturated heterocycles. The Labute approximate surface area is 219 Å². The number of nitrogens with two attached hydrogens (primary N) is 1. The Kier molecular flexibility index (Phi) is 8.18. The fourth-order valence-electron chi connectivity index (χ4n) is 2.98. The molecule has 4 N–H and O–H groups in total. The van der Waals surface area contributed by atoms with Crippen LogP contribution in [0.25, 0.3) is 0 Å². The summed E-state index contributed by atoms with van der Waals surface area (Å²) in [4.78, 5) is 42.0. The molecule has 2 aromatic rings. The number of nitrogens with zero attached hydrogens (tertiary/aromatic N) is 5. The maximum atomic E-state index is 12.7. The SMILES string of the molecule is Nc1nc(/C(=N\O)C(=O)NC2C(=O)N3C(C(=O)[O-])=C(CSc4nncs4)CSC23)cs1.[Na+]. The molecule has 2 aliphatic rings. The van der Waals surface area contributed by atoms with Crippen molar-refractivity contribution in [3.8, 4) is 0 Å². The Bertz CT molecular complexity index is 1110. The largest absolute Gasteiger partial charge is 1.00 e. The van der Waals surface area contributed by atoms with Crippen LogP contribution < -0.4 is 45.7 Å². The van der Waals surface area contributed by atoms with E-state index in [-0.39, 0.29) is 46.1 Å². The third-order valence-corrected chi connectivity index (χ3v) is 8.28. The number of carbonyl (C=O) groups excluding carboxylic acids is 3. The number of carboxylic acids is 1. The van der Waals surface area contributed by atoms with Crippen LogP contribution in [0.2, 0.25) is 0 Å². The van der Waals surface area contributed by atoms with Crippen molar-refractivity contribution in [2.24, 2.45) is 5.16 Å². The van der Waals surface area contributed by atoms with Crippen LogP contribution in [0, 0.1) is 0 Å². The Hall–Kier alpha value is -1.69. The van der Waals surface area contributed by atoms with E-state index >= 15 is 0 Å². The first kappa shape index (κ1) is 24.9. The molecular formula is C15H12N7NaO5S4. The first-order valence-electron chi connectivity index (χ1n) is 8.42. The molecule has 0 aromatic carbocycles. The Morgan fingerprint density at radius 3 is 2.81 bits per heavy atom. The molecule has 2 atom stereocenters. The first-order chi connectivity index (χ1) is 14.9. The maximum absolute atomic E-state index is 12.7. The molecule has 162 valence electrons. The molecule has 1 fully saturated rings. The summed E-state index contributed by atoms with van der Waals surface area (Å²) in [6.45, 7) is 0. The van der Waals surface area contributed by atoms with Crippen LogP contribution in [0.5, 0.6) is 0 Å². The second kappa shape index (κ2) is 10.5. The number of hydrogen-bond acceptors (Lipinski definition) is 14. The second-order valence-corrected chi connectivity index (χ2v) is 10.2. The number of β-lactam (4-membered cyclic amide) rings is 1. The summed E-state index contributed by atoms with van der Waals surface area (Å²) in [7, 11) is 0. The molecule has 12 nitrogen and oxygen atoms in total. The predicted molar refractivity (Wildman–Crippen MR) is 113 cm³/mol. The van der Waals surface area contributed by atoms with Gasteiger partial charge in [0.1, 0.15) is 22.6 Å². The minimum Gasteiger partial charge on any atom is -0.543 e. The zero-order valence-electron chi connectivity index (χ0n) is 16.3. The fourth-order valence-corrected chi connectivity index (χ4v) is 6.50. The van der Waals surface area contributed by atoms with Crippen molar-refractivity contribution < 1.29 is 54.3 Å². The summed E-state index contributed by atoms with van der Waals surface area (Å²) in [6, 6.07) is -0.989. The molecular weight excluding hydrogens is 509 g/mol. The van der Waals surface area contributed by atoms with Gasteiger partial charge >= 0.3 is 29.6 Å². The number of aliphatic carboxylic acids is 1. The molecule has 0 saturated carbocycles. The number of thiazole rings is 1. The maximum Gasteiger partial charge on any atom is 1.00 e. The first-order valence-corrected chi connectivity index (χ1v) is 12.2. The number of carbonyl (C=O) groups is 3. The molecule has 0 spiro atoms. The van der Waals surface area contributed by atoms with Crippen LogP contribution in [-0.2, 0) is 14.4 Å². The molecule has 4 heterocycles. The van der Waals surface area contributed by atoms with E-state index in [1.54, 1.807) is 5.51 Å². The van der Waals surface area contributed by atoms with E-state index in [0.717, 1.165) is 16.2 Å². The third kappa shape index (κ3) is 4.80. The van der Waals surface area contributed by atoms with Gasteiger partial charge in [0.25, 0.3) is 11.8 Å². The number of nitrogens with one attached hydrogen (secondary N) is 1. The number of anilines is 1. The minimum atomic E-state index is -1.47. The van der Waals surface area contributed by atoms with Crippen molar-refractivity contribution in [2.75, 3.05) is 17.2 Å². The van der Waals surface area contributed by atoms with E-state index in [9.17, 15) is 24.7 Å². The van der Waals surface area contributed by atoms with Gasteiger partial charge in [-0.2, -0.15) is 0 Å². The van der Waals surface area contributed by atoms with Crippen LogP contribution in [-0.4, -0.2) is 71.7 Å². The smallest absolute Gasteiger partial charge is 0.543 e. The quantitative estimate of drug-likeness (QED) is 0.0804. The van der Waals surface area contributed by atoms with E-state index in [1.807, 2.05) is 0 Å². The molecule has 2 aliphatic heterocycles. The Balaban J connectivity index is 0.00000289. The molecule has 17 heteroatoms. The van der Waals surface area contributed by atoms with Gasteiger partial charge < -0.3 is 26.2 Å². The standard InChI is InChI=1S/C15H13N7O5S4.Na/c16-14-18-6(3-29-14)7(21-27)10(23)19-8-11(24)22-9(13(25)26)5(1-28-12(8)22)2-30-15-20-17-4-31-15;/h3-4,8,12,27H,1-2H2,(H2,16,18)(H,19,23)(H,25,26);/q;+1/p-1/b21-7+;. The van der Waals surface area contributed by atoms with E-state index in [1.165, 1.54) is 40.2 Å².